The number of para-hydroxylation sites is 1. The van der Waals surface area contributed by atoms with Crippen LogP contribution in [0.2, 0.25) is 0 Å². The Bertz CT molecular complexity index is 1250. The normalized spacial score (nSPS) is 11.8. The van der Waals surface area contributed by atoms with E-state index < -0.39 is 6.10 Å². The molecule has 0 radical (unpaired) electrons. The van der Waals surface area contributed by atoms with Crippen LogP contribution in [-0.2, 0) is 4.79 Å². The van der Waals surface area contributed by atoms with E-state index in [1.807, 2.05) is 55.6 Å². The molecule has 1 unspecified atom stereocenters. The van der Waals surface area contributed by atoms with Gasteiger partial charge in [-0.25, -0.2) is 9.37 Å². The summed E-state index contributed by atoms with van der Waals surface area (Å²) >= 11 is 1.36. The van der Waals surface area contributed by atoms with Crippen LogP contribution in [-0.4, -0.2) is 17.0 Å². The molecule has 0 aliphatic rings. The first-order valence-corrected chi connectivity index (χ1v) is 11.1. The Labute approximate surface area is 190 Å². The van der Waals surface area contributed by atoms with Crippen molar-refractivity contribution < 1.29 is 13.9 Å². The number of thiazole rings is 1. The van der Waals surface area contributed by atoms with Crippen LogP contribution >= 0.6 is 11.3 Å². The van der Waals surface area contributed by atoms with Crippen molar-refractivity contribution in [1.29, 1.82) is 0 Å². The van der Waals surface area contributed by atoms with Crippen molar-refractivity contribution >= 4 is 22.9 Å². The number of carbonyl (C=O) groups is 1. The molecule has 4 nitrogen and oxygen atoms in total. The van der Waals surface area contributed by atoms with Gasteiger partial charge in [-0.3, -0.25) is 4.79 Å². The van der Waals surface area contributed by atoms with Gasteiger partial charge < -0.3 is 10.1 Å². The van der Waals surface area contributed by atoms with Crippen LogP contribution < -0.4 is 10.1 Å². The molecule has 0 fully saturated rings. The second-order valence-corrected chi connectivity index (χ2v) is 8.49. The number of aryl methyl sites for hydroxylation is 2. The molecule has 1 atom stereocenters. The first-order valence-electron chi connectivity index (χ1n) is 10.3. The van der Waals surface area contributed by atoms with Crippen molar-refractivity contribution in [3.63, 3.8) is 0 Å². The van der Waals surface area contributed by atoms with Gasteiger partial charge in [-0.2, -0.15) is 0 Å². The van der Waals surface area contributed by atoms with Crippen LogP contribution in [0.1, 0.15) is 18.1 Å². The molecule has 0 saturated heterocycles. The van der Waals surface area contributed by atoms with Crippen molar-refractivity contribution in [2.24, 2.45) is 0 Å². The Morgan fingerprint density at radius 3 is 2.38 bits per heavy atom. The monoisotopic (exact) mass is 446 g/mol. The lowest BCUT2D eigenvalue weighted by atomic mass is 10.1. The predicted octanol–water partition coefficient (Wildman–Crippen LogP) is 6.64. The molecule has 32 heavy (non-hydrogen) atoms. The third kappa shape index (κ3) is 4.86. The SMILES string of the molecule is Cc1cc(C)cc(OC(C)C(=O)Nc2ccccc2-c2csc(-c3ccccc3F)n2)c1. The van der Waals surface area contributed by atoms with E-state index in [9.17, 15) is 9.18 Å². The minimum Gasteiger partial charge on any atom is -0.481 e. The maximum absolute atomic E-state index is 14.2. The van der Waals surface area contributed by atoms with Crippen LogP contribution in [0, 0.1) is 19.7 Å². The molecule has 4 aromatic rings. The van der Waals surface area contributed by atoms with Gasteiger partial charge in [0.15, 0.2) is 6.10 Å². The summed E-state index contributed by atoms with van der Waals surface area (Å²) in [6.45, 7) is 5.70. The lowest BCUT2D eigenvalue weighted by Crippen LogP contribution is -2.30. The van der Waals surface area contributed by atoms with Gasteiger partial charge in [-0.15, -0.1) is 11.3 Å². The average Bonchev–Trinajstić information content (AvgIpc) is 3.23. The number of ether oxygens (including phenoxy) is 1. The van der Waals surface area contributed by atoms with Gasteiger partial charge in [0.25, 0.3) is 5.91 Å². The van der Waals surface area contributed by atoms with Gasteiger partial charge in [-0.1, -0.05) is 36.4 Å². The molecule has 0 saturated carbocycles. The molecule has 3 aromatic carbocycles. The molecular formula is C26H23FN2O2S. The third-order valence-corrected chi connectivity index (χ3v) is 5.82. The van der Waals surface area contributed by atoms with Crippen LogP contribution in [0.5, 0.6) is 5.75 Å². The minimum atomic E-state index is -0.686. The zero-order valence-electron chi connectivity index (χ0n) is 18.1. The Morgan fingerprint density at radius 1 is 1.00 bits per heavy atom. The summed E-state index contributed by atoms with van der Waals surface area (Å²) in [6, 6.07) is 19.8. The van der Waals surface area contributed by atoms with E-state index >= 15 is 0 Å². The Morgan fingerprint density at radius 2 is 1.66 bits per heavy atom. The molecule has 1 aromatic heterocycles. The van der Waals surface area contributed by atoms with Crippen molar-refractivity contribution in [1.82, 2.24) is 4.98 Å². The van der Waals surface area contributed by atoms with Crippen LogP contribution in [0.4, 0.5) is 10.1 Å². The number of halogens is 1. The van der Waals surface area contributed by atoms with Crippen molar-refractivity contribution in [2.45, 2.75) is 26.9 Å². The van der Waals surface area contributed by atoms with E-state index in [2.05, 4.69) is 16.4 Å². The highest BCUT2D eigenvalue weighted by atomic mass is 32.1. The predicted molar refractivity (Wildman–Crippen MR) is 128 cm³/mol. The molecule has 6 heteroatoms. The third-order valence-electron chi connectivity index (χ3n) is 4.95. The minimum absolute atomic E-state index is 0.263. The fourth-order valence-electron chi connectivity index (χ4n) is 3.46. The van der Waals surface area contributed by atoms with Gasteiger partial charge in [-0.05, 0) is 62.2 Å². The molecule has 0 spiro atoms. The van der Waals surface area contributed by atoms with Gasteiger partial charge >= 0.3 is 0 Å². The van der Waals surface area contributed by atoms with Crippen molar-refractivity contribution in [2.75, 3.05) is 5.32 Å². The molecule has 1 N–H and O–H groups in total. The van der Waals surface area contributed by atoms with Crippen molar-refractivity contribution in [3.05, 3.63) is 89.1 Å². The highest BCUT2D eigenvalue weighted by Gasteiger charge is 2.18. The number of nitrogens with one attached hydrogen (secondary N) is 1. The first-order chi connectivity index (χ1) is 15.4. The Balaban J connectivity index is 1.54. The van der Waals surface area contributed by atoms with Gasteiger partial charge in [0, 0.05) is 16.5 Å². The lowest BCUT2D eigenvalue weighted by molar-refractivity contribution is -0.122. The number of hydrogen-bond acceptors (Lipinski definition) is 4. The largest absolute Gasteiger partial charge is 0.481 e. The number of benzene rings is 3. The van der Waals surface area contributed by atoms with E-state index in [-0.39, 0.29) is 11.7 Å². The van der Waals surface area contributed by atoms with Gasteiger partial charge in [0.05, 0.1) is 11.4 Å². The van der Waals surface area contributed by atoms with E-state index in [4.69, 9.17) is 4.74 Å². The topological polar surface area (TPSA) is 51.2 Å². The molecule has 162 valence electrons. The maximum Gasteiger partial charge on any atom is 0.265 e. The lowest BCUT2D eigenvalue weighted by Gasteiger charge is -2.17. The quantitative estimate of drug-likeness (QED) is 0.361. The summed E-state index contributed by atoms with van der Waals surface area (Å²) in [6.07, 6.45) is -0.686. The Kier molecular flexibility index (Phi) is 6.32. The summed E-state index contributed by atoms with van der Waals surface area (Å²) in [4.78, 5) is 17.4. The summed E-state index contributed by atoms with van der Waals surface area (Å²) in [5, 5.41) is 5.40. The number of carbonyl (C=O) groups excluding carboxylic acids is 1. The summed E-state index contributed by atoms with van der Waals surface area (Å²) < 4.78 is 20.0. The van der Waals surface area contributed by atoms with E-state index in [1.165, 1.54) is 17.4 Å². The summed E-state index contributed by atoms with van der Waals surface area (Å²) in [7, 11) is 0. The average molecular weight is 447 g/mol. The molecular weight excluding hydrogens is 423 g/mol. The standard InChI is InChI=1S/C26H23FN2O2S/c1-16-12-17(2)14-19(13-16)31-18(3)25(30)28-23-11-7-5-9-21(23)24-15-32-26(29-24)20-8-4-6-10-22(20)27/h4-15,18H,1-3H3,(H,28,30). The number of aromatic nitrogens is 1. The molecule has 0 aliphatic carbocycles. The van der Waals surface area contributed by atoms with Crippen LogP contribution in [0.3, 0.4) is 0 Å². The van der Waals surface area contributed by atoms with E-state index in [0.717, 1.165) is 16.7 Å². The molecule has 4 rings (SSSR count). The highest BCUT2D eigenvalue weighted by Crippen LogP contribution is 2.33. The molecule has 1 amide bonds. The second-order valence-electron chi connectivity index (χ2n) is 7.64. The summed E-state index contributed by atoms with van der Waals surface area (Å²) in [5.74, 6) is 0.0842. The van der Waals surface area contributed by atoms with Gasteiger partial charge in [0.1, 0.15) is 16.6 Å². The molecule has 0 bridgehead atoms. The number of rotatable bonds is 6. The zero-order valence-corrected chi connectivity index (χ0v) is 18.9. The number of hydrogen-bond donors (Lipinski definition) is 1. The maximum atomic E-state index is 14.2. The fraction of sp³-hybridized carbons (Fsp3) is 0.154. The fourth-order valence-corrected chi connectivity index (χ4v) is 4.31. The second kappa shape index (κ2) is 9.32. The molecule has 0 aliphatic heterocycles. The van der Waals surface area contributed by atoms with Crippen molar-refractivity contribution in [3.8, 4) is 27.6 Å². The number of anilines is 1. The van der Waals surface area contributed by atoms with Gasteiger partial charge in [0.2, 0.25) is 0 Å². The summed E-state index contributed by atoms with van der Waals surface area (Å²) in [5.41, 5.74) is 4.67. The number of nitrogens with zero attached hydrogens (tertiary/aromatic N) is 1. The van der Waals surface area contributed by atoms with E-state index in [0.29, 0.717) is 27.7 Å². The van der Waals surface area contributed by atoms with Crippen LogP contribution in [0.25, 0.3) is 21.8 Å². The zero-order chi connectivity index (χ0) is 22.7. The number of amides is 1. The van der Waals surface area contributed by atoms with E-state index in [1.54, 1.807) is 25.1 Å². The molecule has 1 heterocycles. The highest BCUT2D eigenvalue weighted by molar-refractivity contribution is 7.13. The van der Waals surface area contributed by atoms with Crippen LogP contribution in [0.15, 0.2) is 72.1 Å². The smallest absolute Gasteiger partial charge is 0.265 e. The first kappa shape index (κ1) is 21.7. The Hall–Kier alpha value is -3.51.